The van der Waals surface area contributed by atoms with Gasteiger partial charge in [-0.15, -0.1) is 0 Å². The molecule has 8 rings (SSSR count). The molecule has 0 aliphatic rings. The molecule has 8 aromatic carbocycles. The highest BCUT2D eigenvalue weighted by atomic mass is 14.1. The minimum atomic E-state index is 0.978. The Kier molecular flexibility index (Phi) is 13.5. The molecule has 0 radical (unpaired) electrons. The molecule has 0 atom stereocenters. The van der Waals surface area contributed by atoms with E-state index in [-0.39, 0.29) is 0 Å². The standard InChI is InChI=1S/C30H20.C28H20/c1-5-15-25(16-6-1)29(26-17-7-2-8-18-26)23-13-14-24-30(27-19-9-3-10-20-27)28-21-11-4-12-22-28;1-5-13-23(14-6-1)27(24-15-7-2-8-16-24)21-22-28(25-17-9-3-10-18-25)26-19-11-4-12-20-26/h1-12,15-22H;1-20H. The van der Waals surface area contributed by atoms with Gasteiger partial charge in [-0.2, -0.15) is 0 Å². The molecule has 0 heterocycles. The van der Waals surface area contributed by atoms with Gasteiger partial charge in [0.1, 0.15) is 0 Å². The number of benzene rings is 8. The molecule has 0 amide bonds. The first-order valence-corrected chi connectivity index (χ1v) is 19.3. The molecule has 272 valence electrons. The molecule has 0 nitrogen and oxygen atoms in total. The maximum absolute atomic E-state index is 3.48. The summed E-state index contributed by atoms with van der Waals surface area (Å²) in [4.78, 5) is 0. The van der Waals surface area contributed by atoms with Crippen molar-refractivity contribution in [3.8, 4) is 0 Å². The van der Waals surface area contributed by atoms with Crippen LogP contribution in [0, 0.1) is 0 Å². The summed E-state index contributed by atoms with van der Waals surface area (Å²) in [7, 11) is 0. The molecule has 0 aromatic heterocycles. The average molecular weight is 737 g/mol. The van der Waals surface area contributed by atoms with Gasteiger partial charge in [0.25, 0.3) is 0 Å². The second-order valence-corrected chi connectivity index (χ2v) is 13.2. The minimum Gasteiger partial charge on any atom is -0.0622 e. The predicted octanol–water partition coefficient (Wildman–Crippen LogP) is 14.3. The summed E-state index contributed by atoms with van der Waals surface area (Å²) in [6, 6.07) is 82.4. The van der Waals surface area contributed by atoms with E-state index >= 15 is 0 Å². The predicted molar refractivity (Wildman–Crippen MR) is 243 cm³/mol. The van der Waals surface area contributed by atoms with Crippen molar-refractivity contribution in [3.63, 3.8) is 0 Å². The Morgan fingerprint density at radius 3 is 0.466 bits per heavy atom. The first kappa shape index (κ1) is 38.2. The zero-order valence-corrected chi connectivity index (χ0v) is 32.1. The first-order chi connectivity index (χ1) is 28.8. The summed E-state index contributed by atoms with van der Waals surface area (Å²) in [5.74, 6) is 0. The van der Waals surface area contributed by atoms with Crippen LogP contribution in [0.5, 0.6) is 0 Å². The number of hydrogen-bond acceptors (Lipinski definition) is 0. The van der Waals surface area contributed by atoms with Crippen LogP contribution in [0.15, 0.2) is 277 Å². The lowest BCUT2D eigenvalue weighted by Crippen LogP contribution is -1.87. The third-order valence-electron chi connectivity index (χ3n) is 9.25. The molecular weight excluding hydrogens is 697 g/mol. The Balaban J connectivity index is 0.000000177. The van der Waals surface area contributed by atoms with Gasteiger partial charge in [-0.25, -0.2) is 0 Å². The van der Waals surface area contributed by atoms with Crippen LogP contribution in [0.2, 0.25) is 0 Å². The van der Waals surface area contributed by atoms with Gasteiger partial charge in [0.2, 0.25) is 0 Å². The Labute approximate surface area is 342 Å². The Hall–Kier alpha value is -8.08. The Bertz CT molecular complexity index is 2430. The van der Waals surface area contributed by atoms with Crippen LogP contribution in [-0.2, 0) is 0 Å². The zero-order valence-electron chi connectivity index (χ0n) is 32.1. The highest BCUT2D eigenvalue weighted by Crippen LogP contribution is 2.26. The smallest absolute Gasteiger partial charge is 0.0400 e. The lowest BCUT2D eigenvalue weighted by Gasteiger charge is -2.06. The summed E-state index contributed by atoms with van der Waals surface area (Å²) in [6.45, 7) is 0. The number of rotatable bonds is 8. The van der Waals surface area contributed by atoms with Gasteiger partial charge in [0, 0.05) is 22.3 Å². The first-order valence-electron chi connectivity index (χ1n) is 19.3. The Morgan fingerprint density at radius 2 is 0.310 bits per heavy atom. The van der Waals surface area contributed by atoms with Crippen molar-refractivity contribution >= 4 is 22.3 Å². The minimum absolute atomic E-state index is 0.978. The molecule has 0 saturated heterocycles. The molecule has 8 aromatic rings. The van der Waals surface area contributed by atoms with Crippen LogP contribution in [0.3, 0.4) is 0 Å². The van der Waals surface area contributed by atoms with Gasteiger partial charge < -0.3 is 0 Å². The van der Waals surface area contributed by atoms with Crippen LogP contribution < -0.4 is 0 Å². The molecule has 0 heteroatoms. The van der Waals surface area contributed by atoms with Crippen molar-refractivity contribution in [1.82, 2.24) is 0 Å². The van der Waals surface area contributed by atoms with E-state index in [2.05, 4.69) is 180 Å². The Morgan fingerprint density at radius 1 is 0.172 bits per heavy atom. The molecule has 0 saturated carbocycles. The normalized spacial score (nSPS) is 9.66. The molecule has 0 aliphatic heterocycles. The van der Waals surface area contributed by atoms with Crippen LogP contribution in [0.4, 0.5) is 0 Å². The van der Waals surface area contributed by atoms with Crippen molar-refractivity contribution in [3.05, 3.63) is 322 Å². The van der Waals surface area contributed by atoms with E-state index in [1.807, 2.05) is 97.1 Å². The van der Waals surface area contributed by atoms with Gasteiger partial charge in [-0.05, 0) is 56.0 Å². The largest absolute Gasteiger partial charge is 0.0622 e. The molecule has 0 unspecified atom stereocenters. The fraction of sp³-hybridized carbons (Fsp3) is 0. The lowest BCUT2D eigenvalue weighted by atomic mass is 9.97. The second-order valence-electron chi connectivity index (χ2n) is 13.2. The molecular formula is C58H40. The quantitative estimate of drug-likeness (QED) is 0.136. The highest BCUT2D eigenvalue weighted by Gasteiger charge is 2.07. The van der Waals surface area contributed by atoms with Crippen LogP contribution >= 0.6 is 0 Å². The van der Waals surface area contributed by atoms with E-state index in [0.717, 1.165) is 66.8 Å². The summed E-state index contributed by atoms with van der Waals surface area (Å²) in [5, 5.41) is 0. The van der Waals surface area contributed by atoms with E-state index in [9.17, 15) is 0 Å². The van der Waals surface area contributed by atoms with E-state index in [4.69, 9.17) is 0 Å². The molecule has 0 aliphatic carbocycles. The highest BCUT2D eigenvalue weighted by molar-refractivity contribution is 5.83. The van der Waals surface area contributed by atoms with Crippen LogP contribution in [-0.4, -0.2) is 0 Å². The van der Waals surface area contributed by atoms with Crippen molar-refractivity contribution in [2.24, 2.45) is 0 Å². The molecule has 0 fully saturated rings. The van der Waals surface area contributed by atoms with Gasteiger partial charge in [-0.1, -0.05) is 266 Å². The third kappa shape index (κ3) is 10.6. The lowest BCUT2D eigenvalue weighted by molar-refractivity contribution is 1.54. The second kappa shape index (κ2) is 20.6. The van der Waals surface area contributed by atoms with Gasteiger partial charge >= 0.3 is 0 Å². The monoisotopic (exact) mass is 736 g/mol. The van der Waals surface area contributed by atoms with E-state index in [1.54, 1.807) is 0 Å². The van der Waals surface area contributed by atoms with Crippen molar-refractivity contribution in [2.45, 2.75) is 0 Å². The van der Waals surface area contributed by atoms with Crippen molar-refractivity contribution in [2.75, 3.05) is 0 Å². The summed E-state index contributed by atoms with van der Waals surface area (Å²) < 4.78 is 0. The fourth-order valence-corrected chi connectivity index (χ4v) is 6.40. The third-order valence-corrected chi connectivity index (χ3v) is 9.25. The number of hydrogen-bond donors (Lipinski definition) is 0. The van der Waals surface area contributed by atoms with E-state index in [1.165, 1.54) is 0 Å². The fourth-order valence-electron chi connectivity index (χ4n) is 6.40. The SMILES string of the molecule is C(=C=C(c1ccccc1)c1ccccc1)=C(c1ccccc1)c1ccccc1.C(=C=C=C(c1ccccc1)c1ccccc1)=C=C(c1ccccc1)c1ccccc1. The van der Waals surface area contributed by atoms with Gasteiger partial charge in [0.05, 0.1) is 0 Å². The topological polar surface area (TPSA) is 0 Å². The maximum atomic E-state index is 3.48. The summed E-state index contributed by atoms with van der Waals surface area (Å²) >= 11 is 0. The van der Waals surface area contributed by atoms with Crippen molar-refractivity contribution < 1.29 is 0 Å². The molecule has 0 bridgehead atoms. The van der Waals surface area contributed by atoms with Crippen molar-refractivity contribution in [1.29, 1.82) is 0 Å². The van der Waals surface area contributed by atoms with Gasteiger partial charge in [-0.3, -0.25) is 0 Å². The van der Waals surface area contributed by atoms with Crippen LogP contribution in [0.1, 0.15) is 44.5 Å². The maximum Gasteiger partial charge on any atom is 0.0400 e. The molecule has 58 heavy (non-hydrogen) atoms. The average Bonchev–Trinajstić information content (AvgIpc) is 3.32. The summed E-state index contributed by atoms with van der Waals surface area (Å²) in [5.41, 5.74) is 32.6. The van der Waals surface area contributed by atoms with Crippen LogP contribution in [0.25, 0.3) is 22.3 Å². The molecule has 0 spiro atoms. The summed E-state index contributed by atoms with van der Waals surface area (Å²) in [6.07, 6.45) is 0. The van der Waals surface area contributed by atoms with Gasteiger partial charge in [0.15, 0.2) is 0 Å². The molecule has 0 N–H and O–H groups in total. The van der Waals surface area contributed by atoms with E-state index in [0.29, 0.717) is 0 Å². The zero-order chi connectivity index (χ0) is 39.5. The van der Waals surface area contributed by atoms with E-state index < -0.39 is 0 Å².